The minimum Gasteiger partial charge on any atom is -0.480 e. The van der Waals surface area contributed by atoms with Crippen molar-refractivity contribution in [1.29, 1.82) is 0 Å². The van der Waals surface area contributed by atoms with Crippen molar-refractivity contribution in [1.82, 2.24) is 9.80 Å². The van der Waals surface area contributed by atoms with Gasteiger partial charge in [-0.15, -0.1) is 0 Å². The molecule has 0 aliphatic carbocycles. The fourth-order valence-corrected chi connectivity index (χ4v) is 2.47. The highest BCUT2D eigenvalue weighted by Crippen LogP contribution is 2.19. The molecule has 0 aromatic carbocycles. The van der Waals surface area contributed by atoms with Crippen LogP contribution in [0.3, 0.4) is 0 Å². The summed E-state index contributed by atoms with van der Waals surface area (Å²) in [6, 6.07) is -0.531. The summed E-state index contributed by atoms with van der Waals surface area (Å²) in [6.07, 6.45) is 1.37. The third-order valence-corrected chi connectivity index (χ3v) is 3.31. The Morgan fingerprint density at radius 3 is 2.55 bits per heavy atom. The van der Waals surface area contributed by atoms with Crippen molar-refractivity contribution in [3.63, 3.8) is 0 Å². The van der Waals surface area contributed by atoms with Gasteiger partial charge in [-0.25, -0.2) is 4.79 Å². The summed E-state index contributed by atoms with van der Waals surface area (Å²) < 4.78 is 0. The second-order valence-corrected chi connectivity index (χ2v) is 5.63. The number of piperidine rings is 1. The van der Waals surface area contributed by atoms with Gasteiger partial charge in [-0.3, -0.25) is 9.59 Å². The van der Waals surface area contributed by atoms with Crippen molar-refractivity contribution in [2.45, 2.75) is 26.7 Å². The molecule has 7 nitrogen and oxygen atoms in total. The average molecular weight is 285 g/mol. The minimum absolute atomic E-state index is 0.189. The van der Waals surface area contributed by atoms with Crippen LogP contribution in [0.1, 0.15) is 26.7 Å². The molecule has 1 rings (SSSR count). The average Bonchev–Trinajstić information content (AvgIpc) is 2.36. The van der Waals surface area contributed by atoms with E-state index >= 15 is 0 Å². The van der Waals surface area contributed by atoms with E-state index in [1.807, 2.05) is 13.8 Å². The summed E-state index contributed by atoms with van der Waals surface area (Å²) in [5, 5.41) is 8.91. The maximum atomic E-state index is 12.4. The van der Waals surface area contributed by atoms with Crippen molar-refractivity contribution in [3.8, 4) is 0 Å². The molecule has 0 bridgehead atoms. The number of primary amides is 1. The van der Waals surface area contributed by atoms with Crippen LogP contribution in [0.4, 0.5) is 4.79 Å². The Kier molecular flexibility index (Phi) is 5.79. The highest BCUT2D eigenvalue weighted by atomic mass is 16.4. The van der Waals surface area contributed by atoms with Crippen molar-refractivity contribution in [2.75, 3.05) is 26.2 Å². The van der Waals surface area contributed by atoms with Gasteiger partial charge in [-0.05, 0) is 18.8 Å². The van der Waals surface area contributed by atoms with Gasteiger partial charge < -0.3 is 20.6 Å². The first-order valence-corrected chi connectivity index (χ1v) is 6.86. The molecule has 1 unspecified atom stereocenters. The second kappa shape index (κ2) is 7.12. The van der Waals surface area contributed by atoms with Gasteiger partial charge in [-0.1, -0.05) is 13.8 Å². The Morgan fingerprint density at radius 2 is 2.05 bits per heavy atom. The summed E-state index contributed by atoms with van der Waals surface area (Å²) >= 11 is 0. The minimum atomic E-state index is -1.03. The number of hydrogen-bond donors (Lipinski definition) is 2. The highest BCUT2D eigenvalue weighted by Gasteiger charge is 2.31. The van der Waals surface area contributed by atoms with E-state index < -0.39 is 12.0 Å². The topological polar surface area (TPSA) is 104 Å². The number of nitrogens with zero attached hydrogens (tertiary/aromatic N) is 2. The monoisotopic (exact) mass is 285 g/mol. The summed E-state index contributed by atoms with van der Waals surface area (Å²) in [4.78, 5) is 37.3. The van der Waals surface area contributed by atoms with Crippen LogP contribution >= 0.6 is 0 Å². The molecule has 0 saturated carbocycles. The molecule has 1 saturated heterocycles. The first-order chi connectivity index (χ1) is 9.31. The van der Waals surface area contributed by atoms with E-state index in [9.17, 15) is 14.4 Å². The first-order valence-electron chi connectivity index (χ1n) is 6.86. The molecular formula is C13H23N3O4. The number of hydrogen-bond acceptors (Lipinski definition) is 3. The molecular weight excluding hydrogens is 262 g/mol. The number of aliphatic carboxylic acids is 1. The normalized spacial score (nSPS) is 18.9. The van der Waals surface area contributed by atoms with Gasteiger partial charge in [0.25, 0.3) is 0 Å². The number of carboxylic acid groups (broad SMARTS) is 1. The van der Waals surface area contributed by atoms with Crippen LogP contribution in [0.5, 0.6) is 0 Å². The molecule has 1 atom stereocenters. The number of carbonyl (C=O) groups is 3. The first kappa shape index (κ1) is 16.3. The van der Waals surface area contributed by atoms with Crippen LogP contribution in [-0.2, 0) is 9.59 Å². The Morgan fingerprint density at radius 1 is 1.40 bits per heavy atom. The zero-order valence-corrected chi connectivity index (χ0v) is 12.0. The Hall–Kier alpha value is -1.79. The molecule has 1 heterocycles. The molecule has 1 aliphatic heterocycles. The van der Waals surface area contributed by atoms with Gasteiger partial charge >= 0.3 is 12.0 Å². The zero-order valence-electron chi connectivity index (χ0n) is 12.0. The summed E-state index contributed by atoms with van der Waals surface area (Å²) in [5.74, 6) is -1.39. The van der Waals surface area contributed by atoms with Crippen LogP contribution < -0.4 is 5.73 Å². The molecule has 7 heteroatoms. The molecule has 3 amide bonds. The van der Waals surface area contributed by atoms with Crippen LogP contribution in [0, 0.1) is 11.8 Å². The van der Waals surface area contributed by atoms with Crippen LogP contribution in [-0.4, -0.2) is 59.0 Å². The van der Waals surface area contributed by atoms with Gasteiger partial charge in [0.1, 0.15) is 6.54 Å². The van der Waals surface area contributed by atoms with Crippen molar-refractivity contribution in [3.05, 3.63) is 0 Å². The Labute approximate surface area is 118 Å². The predicted octanol–water partition coefficient (Wildman–Crippen LogP) is 0.346. The van der Waals surface area contributed by atoms with E-state index in [1.165, 1.54) is 9.80 Å². The quantitative estimate of drug-likeness (QED) is 0.760. The van der Waals surface area contributed by atoms with Crippen molar-refractivity contribution < 1.29 is 19.5 Å². The molecule has 3 N–H and O–H groups in total. The Bertz CT molecular complexity index is 384. The summed E-state index contributed by atoms with van der Waals surface area (Å²) in [7, 11) is 0. The van der Waals surface area contributed by atoms with Crippen LogP contribution in [0.2, 0.25) is 0 Å². The molecule has 1 fully saturated rings. The fraction of sp³-hybridized carbons (Fsp3) is 0.769. The summed E-state index contributed by atoms with van der Waals surface area (Å²) in [6.45, 7) is 4.80. The third-order valence-electron chi connectivity index (χ3n) is 3.31. The van der Waals surface area contributed by atoms with E-state index in [2.05, 4.69) is 0 Å². The smallest absolute Gasteiger partial charge is 0.323 e. The zero-order chi connectivity index (χ0) is 15.3. The van der Waals surface area contributed by atoms with Gasteiger partial charge in [0.2, 0.25) is 5.91 Å². The number of rotatable bonds is 5. The molecule has 0 spiro atoms. The lowest BCUT2D eigenvalue weighted by molar-refractivity contribution is -0.147. The Balaban J connectivity index is 2.72. The number of amides is 3. The SMILES string of the molecule is CC(C)CN(CC(=O)O)C(=O)C1CCCN(C(N)=O)C1. The van der Waals surface area contributed by atoms with E-state index in [4.69, 9.17) is 10.8 Å². The second-order valence-electron chi connectivity index (χ2n) is 5.63. The number of carboxylic acids is 1. The van der Waals surface area contributed by atoms with Crippen molar-refractivity contribution >= 4 is 17.9 Å². The molecule has 1 aliphatic rings. The van der Waals surface area contributed by atoms with Crippen molar-refractivity contribution in [2.24, 2.45) is 17.6 Å². The van der Waals surface area contributed by atoms with Gasteiger partial charge in [0, 0.05) is 19.6 Å². The highest BCUT2D eigenvalue weighted by molar-refractivity contribution is 5.84. The number of likely N-dealkylation sites (tertiary alicyclic amines) is 1. The van der Waals surface area contributed by atoms with E-state index in [0.717, 1.165) is 0 Å². The number of nitrogens with two attached hydrogens (primary N) is 1. The van der Waals surface area contributed by atoms with E-state index in [1.54, 1.807) is 0 Å². The van der Waals surface area contributed by atoms with Gasteiger partial charge in [0.15, 0.2) is 0 Å². The lowest BCUT2D eigenvalue weighted by Crippen LogP contribution is -2.49. The molecule has 20 heavy (non-hydrogen) atoms. The maximum Gasteiger partial charge on any atom is 0.323 e. The largest absolute Gasteiger partial charge is 0.480 e. The number of carbonyl (C=O) groups excluding carboxylic acids is 2. The van der Waals surface area contributed by atoms with E-state index in [0.29, 0.717) is 25.9 Å². The van der Waals surface area contributed by atoms with Crippen LogP contribution in [0.25, 0.3) is 0 Å². The molecule has 0 radical (unpaired) electrons. The molecule has 0 aromatic rings. The molecule has 0 aromatic heterocycles. The summed E-state index contributed by atoms with van der Waals surface area (Å²) in [5.41, 5.74) is 5.24. The number of urea groups is 1. The van der Waals surface area contributed by atoms with Gasteiger partial charge in [-0.2, -0.15) is 0 Å². The maximum absolute atomic E-state index is 12.4. The lowest BCUT2D eigenvalue weighted by Gasteiger charge is -2.34. The van der Waals surface area contributed by atoms with E-state index in [-0.39, 0.29) is 30.8 Å². The lowest BCUT2D eigenvalue weighted by atomic mass is 9.96. The predicted molar refractivity (Wildman–Crippen MR) is 72.9 cm³/mol. The third kappa shape index (κ3) is 4.71. The fourth-order valence-electron chi connectivity index (χ4n) is 2.47. The standard InChI is InChI=1S/C13H23N3O4/c1-9(2)6-16(8-11(17)18)12(19)10-4-3-5-15(7-10)13(14)20/h9-10H,3-8H2,1-2H3,(H2,14,20)(H,17,18). The van der Waals surface area contributed by atoms with Gasteiger partial charge in [0.05, 0.1) is 5.92 Å². The van der Waals surface area contributed by atoms with Crippen LogP contribution in [0.15, 0.2) is 0 Å². The molecule has 114 valence electrons.